The molecule has 5 amide bonds. The van der Waals surface area contributed by atoms with Crippen LogP contribution in [0.15, 0.2) is 53.0 Å². The molecule has 2 saturated heterocycles. The third-order valence-electron chi connectivity index (χ3n) is 7.84. The van der Waals surface area contributed by atoms with Crippen LogP contribution < -0.4 is 16.0 Å². The minimum atomic E-state index is -1.20. The summed E-state index contributed by atoms with van der Waals surface area (Å²) >= 11 is 2.60. The van der Waals surface area contributed by atoms with E-state index in [-0.39, 0.29) is 43.9 Å². The fraction of sp³-hybridized carbons (Fsp3) is 0.433. The normalized spacial score (nSPS) is 18.4. The number of carboxylic acids is 1. The number of hydrazine groups is 1. The maximum absolute atomic E-state index is 13.8. The first-order valence-electron chi connectivity index (χ1n) is 15.4. The summed E-state index contributed by atoms with van der Waals surface area (Å²) in [6.45, 7) is 0.556. The van der Waals surface area contributed by atoms with E-state index >= 15 is 0 Å². The van der Waals surface area contributed by atoms with E-state index in [2.05, 4.69) is 31.5 Å². The minimum Gasteiger partial charge on any atom is -0.481 e. The number of hydrogen-bond donors (Lipinski definition) is 4. The summed E-state index contributed by atoms with van der Waals surface area (Å²) in [4.78, 5) is 79.2. The van der Waals surface area contributed by atoms with Gasteiger partial charge in [-0.1, -0.05) is 36.0 Å². The Balaban J connectivity index is 1.25. The standard InChI is InChI=1S/C30H35N9O7S2/c40-24(18-48-30-34-35-36-38(30)19-6-2-1-3-7-19)21(11-13-26(42)43)32-27(44)23-9-4-16-37-25(41)12-10-22(28(45)39(23)37)33-29(46)31-15-14-20-8-5-17-47-20/h1-3,5-8,17,21-23H,4,9-16,18H2,(H,32,44)(H,42,43)(H2,31,33,46)/t21-,22-,23-/m0/s1. The number of benzene rings is 1. The van der Waals surface area contributed by atoms with Gasteiger partial charge in [-0.25, -0.2) is 9.80 Å². The van der Waals surface area contributed by atoms with Crippen LogP contribution in [0.1, 0.15) is 43.4 Å². The zero-order valence-corrected chi connectivity index (χ0v) is 27.5. The SMILES string of the molecule is O=C(O)CC[C@H](NC(=O)[C@@H]1CCCN2C(=O)CC[C@H](NC(=O)NCCc3cccs3)C(=O)N12)C(=O)CSc1nnnn1-c1ccccc1. The van der Waals surface area contributed by atoms with E-state index in [1.54, 1.807) is 23.5 Å². The molecule has 16 nitrogen and oxygen atoms in total. The van der Waals surface area contributed by atoms with Gasteiger partial charge < -0.3 is 21.1 Å². The van der Waals surface area contributed by atoms with Gasteiger partial charge in [0.05, 0.1) is 17.5 Å². The van der Waals surface area contributed by atoms with Gasteiger partial charge >= 0.3 is 12.0 Å². The van der Waals surface area contributed by atoms with E-state index in [1.165, 1.54) is 9.69 Å². The van der Waals surface area contributed by atoms with Gasteiger partial charge in [0.2, 0.25) is 17.0 Å². The number of aliphatic carboxylic acids is 1. The lowest BCUT2D eigenvalue weighted by atomic mass is 10.0. The molecule has 0 bridgehead atoms. The number of urea groups is 1. The number of hydrogen-bond acceptors (Lipinski definition) is 11. The monoisotopic (exact) mass is 697 g/mol. The van der Waals surface area contributed by atoms with Crippen LogP contribution in [0.5, 0.6) is 0 Å². The topological polar surface area (TPSA) is 209 Å². The molecule has 0 aliphatic carbocycles. The Morgan fingerprint density at radius 1 is 1.08 bits per heavy atom. The first-order chi connectivity index (χ1) is 23.2. The number of thioether (sulfide) groups is 1. The first-order valence-corrected chi connectivity index (χ1v) is 17.3. The van der Waals surface area contributed by atoms with E-state index in [0.717, 1.165) is 21.6 Å². The van der Waals surface area contributed by atoms with Crippen molar-refractivity contribution in [1.82, 2.24) is 46.2 Å². The molecule has 4 heterocycles. The molecular formula is C30H35N9O7S2. The molecule has 2 fully saturated rings. The van der Waals surface area contributed by atoms with Crippen molar-refractivity contribution >= 4 is 58.6 Å². The largest absolute Gasteiger partial charge is 0.481 e. The summed E-state index contributed by atoms with van der Waals surface area (Å²) < 4.78 is 1.45. The molecule has 2 aromatic heterocycles. The van der Waals surface area contributed by atoms with Crippen LogP contribution in [0.2, 0.25) is 0 Å². The van der Waals surface area contributed by atoms with E-state index < -0.39 is 54.1 Å². The zero-order valence-electron chi connectivity index (χ0n) is 25.8. The lowest BCUT2D eigenvalue weighted by Crippen LogP contribution is -2.64. The summed E-state index contributed by atoms with van der Waals surface area (Å²) in [5.41, 5.74) is 0.676. The van der Waals surface area contributed by atoms with Crippen molar-refractivity contribution in [3.05, 3.63) is 52.7 Å². The van der Waals surface area contributed by atoms with Gasteiger partial charge in [-0.15, -0.1) is 16.4 Å². The number of carbonyl (C=O) groups excluding carboxylic acids is 5. The van der Waals surface area contributed by atoms with Crippen LogP contribution in [0.25, 0.3) is 5.69 Å². The number of aromatic nitrogens is 4. The van der Waals surface area contributed by atoms with E-state index in [1.807, 2.05) is 35.7 Å². The number of tetrazole rings is 1. The highest BCUT2D eigenvalue weighted by Gasteiger charge is 2.45. The fourth-order valence-corrected chi connectivity index (χ4v) is 7.00. The maximum Gasteiger partial charge on any atom is 0.315 e. The number of thiophene rings is 1. The van der Waals surface area contributed by atoms with Crippen LogP contribution in [-0.4, -0.2) is 108 Å². The number of nitrogens with zero attached hydrogens (tertiary/aromatic N) is 6. The van der Waals surface area contributed by atoms with E-state index in [9.17, 15) is 33.9 Å². The number of para-hydroxylation sites is 1. The average Bonchev–Trinajstić information content (AvgIpc) is 3.77. The molecule has 0 saturated carbocycles. The summed E-state index contributed by atoms with van der Waals surface area (Å²) in [5, 5.41) is 33.6. The van der Waals surface area contributed by atoms with Crippen LogP contribution in [-0.2, 0) is 30.4 Å². The van der Waals surface area contributed by atoms with E-state index in [4.69, 9.17) is 0 Å². The second-order valence-corrected chi connectivity index (χ2v) is 13.1. The molecule has 1 aromatic carbocycles. The number of fused-ring (bicyclic) bond motifs is 1. The molecule has 4 N–H and O–H groups in total. The number of carbonyl (C=O) groups is 6. The number of nitrogens with one attached hydrogen (secondary N) is 3. The molecule has 18 heteroatoms. The lowest BCUT2D eigenvalue weighted by molar-refractivity contribution is -0.176. The van der Waals surface area contributed by atoms with Crippen molar-refractivity contribution in [3.8, 4) is 5.69 Å². The molecule has 3 atom stereocenters. The van der Waals surface area contributed by atoms with Crippen molar-refractivity contribution in [3.63, 3.8) is 0 Å². The minimum absolute atomic E-state index is 0.0177. The molecule has 48 heavy (non-hydrogen) atoms. The van der Waals surface area contributed by atoms with Crippen molar-refractivity contribution in [2.75, 3.05) is 18.8 Å². The third kappa shape index (κ3) is 8.74. The second kappa shape index (κ2) is 16.3. The molecule has 0 unspecified atom stereocenters. The quantitative estimate of drug-likeness (QED) is 0.176. The number of ketones is 1. The molecule has 254 valence electrons. The summed E-state index contributed by atoms with van der Waals surface area (Å²) in [7, 11) is 0. The van der Waals surface area contributed by atoms with Crippen molar-refractivity contribution in [2.45, 2.75) is 68.2 Å². The fourth-order valence-electron chi connectivity index (χ4n) is 5.46. The van der Waals surface area contributed by atoms with Gasteiger partial charge in [-0.2, -0.15) is 4.68 Å². The molecule has 0 spiro atoms. The molecule has 3 aromatic rings. The number of carboxylic acid groups (broad SMARTS) is 1. The number of Topliss-reactive ketones (excluding diaryl/α,β-unsaturated/α-hetero) is 1. The lowest BCUT2D eigenvalue weighted by Gasteiger charge is -2.43. The van der Waals surface area contributed by atoms with Gasteiger partial charge in [0.15, 0.2) is 5.78 Å². The smallest absolute Gasteiger partial charge is 0.315 e. The zero-order chi connectivity index (χ0) is 34.0. The van der Waals surface area contributed by atoms with Crippen LogP contribution in [0, 0.1) is 0 Å². The maximum atomic E-state index is 13.8. The van der Waals surface area contributed by atoms with Gasteiger partial charge in [0, 0.05) is 30.8 Å². The number of rotatable bonds is 14. The Morgan fingerprint density at radius 3 is 2.65 bits per heavy atom. The van der Waals surface area contributed by atoms with Crippen molar-refractivity contribution in [1.29, 1.82) is 0 Å². The van der Waals surface area contributed by atoms with Gasteiger partial charge in [0.1, 0.15) is 12.1 Å². The van der Waals surface area contributed by atoms with Gasteiger partial charge in [0.25, 0.3) is 5.91 Å². The Hall–Kier alpha value is -4.84. The van der Waals surface area contributed by atoms with Crippen molar-refractivity contribution in [2.24, 2.45) is 0 Å². The summed E-state index contributed by atoms with van der Waals surface area (Å²) in [5.74, 6) is -3.49. The molecule has 2 aliphatic heterocycles. The molecular weight excluding hydrogens is 663 g/mol. The predicted molar refractivity (Wildman–Crippen MR) is 173 cm³/mol. The van der Waals surface area contributed by atoms with Crippen LogP contribution in [0.3, 0.4) is 0 Å². The van der Waals surface area contributed by atoms with Gasteiger partial charge in [-0.3, -0.25) is 29.0 Å². The second-order valence-electron chi connectivity index (χ2n) is 11.1. The number of amides is 5. The highest BCUT2D eigenvalue weighted by Crippen LogP contribution is 2.26. The Kier molecular flexibility index (Phi) is 11.7. The average molecular weight is 698 g/mol. The van der Waals surface area contributed by atoms with Gasteiger partial charge in [-0.05, 0) is 66.1 Å². The Labute approximate surface area is 283 Å². The Bertz CT molecular complexity index is 1620. The van der Waals surface area contributed by atoms with Crippen molar-refractivity contribution < 1.29 is 33.9 Å². The third-order valence-corrected chi connectivity index (χ3v) is 9.72. The van der Waals surface area contributed by atoms with Crippen LogP contribution in [0.4, 0.5) is 4.79 Å². The highest BCUT2D eigenvalue weighted by atomic mass is 32.2. The molecule has 2 aliphatic rings. The van der Waals surface area contributed by atoms with Crippen LogP contribution >= 0.6 is 23.1 Å². The summed E-state index contributed by atoms with van der Waals surface area (Å²) in [6.07, 6.45) is 0.682. The predicted octanol–water partition coefficient (Wildman–Crippen LogP) is 1.17. The molecule has 0 radical (unpaired) electrons. The Morgan fingerprint density at radius 2 is 1.90 bits per heavy atom. The first kappa shape index (κ1) is 34.5. The van der Waals surface area contributed by atoms with E-state index in [0.29, 0.717) is 30.2 Å². The summed E-state index contributed by atoms with van der Waals surface area (Å²) in [6, 6.07) is 8.92. The molecule has 5 rings (SSSR count). The highest BCUT2D eigenvalue weighted by molar-refractivity contribution is 7.99.